The molecule has 1 saturated carbocycles. The summed E-state index contributed by atoms with van der Waals surface area (Å²) in [6.07, 6.45) is 8.64. The monoisotopic (exact) mass is 255 g/mol. The smallest absolute Gasteiger partial charge is 0.0955 e. The number of aryl methyl sites for hydroxylation is 1. The van der Waals surface area contributed by atoms with Crippen molar-refractivity contribution in [1.29, 1.82) is 0 Å². The van der Waals surface area contributed by atoms with Gasteiger partial charge in [-0.15, -0.1) is 0 Å². The zero-order valence-corrected chi connectivity index (χ0v) is 11.5. The van der Waals surface area contributed by atoms with Crippen LogP contribution in [0.15, 0.2) is 24.5 Å². The highest BCUT2D eigenvalue weighted by Gasteiger charge is 2.45. The molecule has 2 aliphatic rings. The van der Waals surface area contributed by atoms with Gasteiger partial charge in [-0.1, -0.05) is 18.9 Å². The first kappa shape index (κ1) is 11.5. The van der Waals surface area contributed by atoms with Crippen LogP contribution >= 0.6 is 0 Å². The van der Waals surface area contributed by atoms with Crippen LogP contribution in [-0.2, 0) is 12.5 Å². The third-order valence-corrected chi connectivity index (χ3v) is 5.29. The summed E-state index contributed by atoms with van der Waals surface area (Å²) in [4.78, 5) is 4.44. The second-order valence-corrected chi connectivity index (χ2v) is 6.22. The first-order valence-electron chi connectivity index (χ1n) is 7.45. The molecule has 2 atom stereocenters. The predicted octanol–water partition coefficient (Wildman–Crippen LogP) is 2.75. The van der Waals surface area contributed by atoms with E-state index in [1.165, 1.54) is 49.7 Å². The summed E-state index contributed by atoms with van der Waals surface area (Å²) >= 11 is 0. The Morgan fingerprint density at radius 3 is 3.21 bits per heavy atom. The fourth-order valence-corrected chi connectivity index (χ4v) is 4.23. The molecule has 2 heterocycles. The number of fused-ring (bicyclic) bond motifs is 2. The molecule has 3 nitrogen and oxygen atoms in total. The topological polar surface area (TPSA) is 29.9 Å². The van der Waals surface area contributed by atoms with Crippen molar-refractivity contribution < 1.29 is 0 Å². The Morgan fingerprint density at radius 2 is 2.26 bits per heavy atom. The number of nitrogens with one attached hydrogen (secondary N) is 1. The minimum absolute atomic E-state index is 0.386. The van der Waals surface area contributed by atoms with Gasteiger partial charge < -0.3 is 9.88 Å². The van der Waals surface area contributed by atoms with E-state index < -0.39 is 0 Å². The van der Waals surface area contributed by atoms with Crippen LogP contribution in [0.25, 0.3) is 11.0 Å². The Hall–Kier alpha value is -1.35. The Morgan fingerprint density at radius 1 is 1.32 bits per heavy atom. The Bertz CT molecular complexity index is 615. The summed E-state index contributed by atoms with van der Waals surface area (Å²) in [5, 5.41) is 3.73. The van der Waals surface area contributed by atoms with E-state index in [0.29, 0.717) is 11.5 Å². The summed E-state index contributed by atoms with van der Waals surface area (Å²) in [5.41, 5.74) is 4.29. The number of imidazole rings is 1. The first-order chi connectivity index (χ1) is 9.29. The van der Waals surface area contributed by atoms with Crippen molar-refractivity contribution in [2.75, 3.05) is 6.54 Å². The fraction of sp³-hybridized carbons (Fsp3) is 0.562. The molecule has 1 aromatic heterocycles. The lowest BCUT2D eigenvalue weighted by Crippen LogP contribution is -2.42. The van der Waals surface area contributed by atoms with E-state index >= 15 is 0 Å². The maximum atomic E-state index is 4.44. The van der Waals surface area contributed by atoms with E-state index in [9.17, 15) is 0 Å². The zero-order valence-electron chi connectivity index (χ0n) is 11.5. The lowest BCUT2D eigenvalue weighted by molar-refractivity contribution is 0.267. The second kappa shape index (κ2) is 4.07. The van der Waals surface area contributed by atoms with Gasteiger partial charge in [0.25, 0.3) is 0 Å². The summed E-state index contributed by atoms with van der Waals surface area (Å²) < 4.78 is 2.13. The quantitative estimate of drug-likeness (QED) is 0.849. The van der Waals surface area contributed by atoms with Crippen molar-refractivity contribution in [3.63, 3.8) is 0 Å². The predicted molar refractivity (Wildman–Crippen MR) is 77.3 cm³/mol. The Kier molecular flexibility index (Phi) is 2.46. The maximum absolute atomic E-state index is 4.44. The summed E-state index contributed by atoms with van der Waals surface area (Å²) in [7, 11) is 2.09. The molecule has 3 heteroatoms. The van der Waals surface area contributed by atoms with Crippen molar-refractivity contribution in [2.45, 2.75) is 43.6 Å². The minimum atomic E-state index is 0.386. The van der Waals surface area contributed by atoms with Gasteiger partial charge in [-0.25, -0.2) is 4.98 Å². The molecule has 2 fully saturated rings. The second-order valence-electron chi connectivity index (χ2n) is 6.22. The van der Waals surface area contributed by atoms with E-state index in [4.69, 9.17) is 0 Å². The normalized spacial score (nSPS) is 30.7. The number of hydrogen-bond acceptors (Lipinski definition) is 2. The molecule has 0 unspecified atom stereocenters. The number of rotatable bonds is 1. The highest BCUT2D eigenvalue weighted by molar-refractivity contribution is 5.76. The molecule has 2 aromatic rings. The van der Waals surface area contributed by atoms with Gasteiger partial charge in [-0.2, -0.15) is 0 Å². The van der Waals surface area contributed by atoms with E-state index in [0.717, 1.165) is 5.52 Å². The van der Waals surface area contributed by atoms with Crippen LogP contribution in [0.1, 0.15) is 37.7 Å². The van der Waals surface area contributed by atoms with Crippen molar-refractivity contribution in [3.05, 3.63) is 30.1 Å². The van der Waals surface area contributed by atoms with Crippen molar-refractivity contribution >= 4 is 11.0 Å². The van der Waals surface area contributed by atoms with Crippen LogP contribution in [0.2, 0.25) is 0 Å². The average Bonchev–Trinajstić information content (AvgIpc) is 3.03. The molecule has 1 aromatic carbocycles. The van der Waals surface area contributed by atoms with Crippen LogP contribution in [0.3, 0.4) is 0 Å². The largest absolute Gasteiger partial charge is 0.334 e. The van der Waals surface area contributed by atoms with Crippen LogP contribution in [0, 0.1) is 0 Å². The molecule has 19 heavy (non-hydrogen) atoms. The van der Waals surface area contributed by atoms with Gasteiger partial charge in [0, 0.05) is 18.5 Å². The molecular weight excluding hydrogens is 234 g/mol. The summed E-state index contributed by atoms with van der Waals surface area (Å²) in [6, 6.07) is 7.59. The molecule has 1 aliphatic carbocycles. The number of benzene rings is 1. The third kappa shape index (κ3) is 1.57. The zero-order chi connectivity index (χ0) is 12.9. The molecule has 0 radical (unpaired) electrons. The maximum Gasteiger partial charge on any atom is 0.0955 e. The SMILES string of the molecule is Cn1cnc2ccc([C@@]34CCCC[C@@H]3NCC4)cc21. The molecule has 1 saturated heterocycles. The van der Waals surface area contributed by atoms with Crippen molar-refractivity contribution in [2.24, 2.45) is 7.05 Å². The van der Waals surface area contributed by atoms with Gasteiger partial charge in [0.1, 0.15) is 0 Å². The van der Waals surface area contributed by atoms with Gasteiger partial charge in [0.2, 0.25) is 0 Å². The van der Waals surface area contributed by atoms with Crippen LogP contribution in [0.4, 0.5) is 0 Å². The molecular formula is C16H21N3. The molecule has 0 amide bonds. The minimum Gasteiger partial charge on any atom is -0.334 e. The highest BCUT2D eigenvalue weighted by Crippen LogP contribution is 2.45. The molecule has 4 rings (SSSR count). The van der Waals surface area contributed by atoms with Crippen LogP contribution in [-0.4, -0.2) is 22.1 Å². The number of aromatic nitrogens is 2. The van der Waals surface area contributed by atoms with Gasteiger partial charge in [-0.05, 0) is 43.5 Å². The van der Waals surface area contributed by atoms with Crippen LogP contribution < -0.4 is 5.32 Å². The van der Waals surface area contributed by atoms with Gasteiger partial charge in [-0.3, -0.25) is 0 Å². The first-order valence-corrected chi connectivity index (χ1v) is 7.45. The van der Waals surface area contributed by atoms with E-state index in [2.05, 4.69) is 40.1 Å². The van der Waals surface area contributed by atoms with E-state index in [1.807, 2.05) is 6.33 Å². The number of nitrogens with zero attached hydrogens (tertiary/aromatic N) is 2. The van der Waals surface area contributed by atoms with Gasteiger partial charge in [0.15, 0.2) is 0 Å². The van der Waals surface area contributed by atoms with E-state index in [-0.39, 0.29) is 0 Å². The van der Waals surface area contributed by atoms with Gasteiger partial charge >= 0.3 is 0 Å². The van der Waals surface area contributed by atoms with Crippen molar-refractivity contribution in [3.8, 4) is 0 Å². The average molecular weight is 255 g/mol. The van der Waals surface area contributed by atoms with E-state index in [1.54, 1.807) is 0 Å². The van der Waals surface area contributed by atoms with Gasteiger partial charge in [0.05, 0.1) is 17.4 Å². The Balaban J connectivity index is 1.85. The molecule has 1 N–H and O–H groups in total. The molecule has 0 spiro atoms. The standard InChI is InChI=1S/C16H21N3/c1-19-11-18-13-6-5-12(10-14(13)19)16-7-3-2-4-15(16)17-9-8-16/h5-6,10-11,15,17H,2-4,7-9H2,1H3/t15-,16-/m0/s1. The fourth-order valence-electron chi connectivity index (χ4n) is 4.23. The van der Waals surface area contributed by atoms with Crippen LogP contribution in [0.5, 0.6) is 0 Å². The highest BCUT2D eigenvalue weighted by atomic mass is 15.0. The van der Waals surface area contributed by atoms with Crippen molar-refractivity contribution in [1.82, 2.24) is 14.9 Å². The molecule has 0 bridgehead atoms. The third-order valence-electron chi connectivity index (χ3n) is 5.29. The number of hydrogen-bond donors (Lipinski definition) is 1. The summed E-state index contributed by atoms with van der Waals surface area (Å²) in [5.74, 6) is 0. The Labute approximate surface area is 114 Å². The lowest BCUT2D eigenvalue weighted by atomic mass is 9.66. The molecule has 100 valence electrons. The summed E-state index contributed by atoms with van der Waals surface area (Å²) in [6.45, 7) is 1.17. The lowest BCUT2D eigenvalue weighted by Gasteiger charge is -2.39. The molecule has 1 aliphatic heterocycles.